The molecule has 0 aliphatic carbocycles. The molecule has 0 bridgehead atoms. The van der Waals surface area contributed by atoms with E-state index in [-0.39, 0.29) is 6.10 Å². The predicted octanol–water partition coefficient (Wildman–Crippen LogP) is 2.06. The summed E-state index contributed by atoms with van der Waals surface area (Å²) >= 11 is 5.17. The van der Waals surface area contributed by atoms with Crippen LogP contribution in [0, 0.1) is 0 Å². The molecule has 2 rings (SSSR count). The Kier molecular flexibility index (Phi) is 6.43. The molecule has 1 atom stereocenters. The van der Waals surface area contributed by atoms with Crippen LogP contribution in [0.5, 0.6) is 5.75 Å². The van der Waals surface area contributed by atoms with E-state index in [0.717, 1.165) is 37.3 Å². The second-order valence-corrected chi connectivity index (χ2v) is 5.09. The molecule has 2 N–H and O–H groups in total. The molecule has 1 fully saturated rings. The van der Waals surface area contributed by atoms with Crippen molar-refractivity contribution in [1.29, 1.82) is 0 Å². The second-order valence-electron chi connectivity index (χ2n) is 4.69. The molecule has 1 aliphatic rings. The zero-order valence-corrected chi connectivity index (χ0v) is 13.0. The molecule has 1 saturated heterocycles. The van der Waals surface area contributed by atoms with Crippen molar-refractivity contribution in [2.45, 2.75) is 25.9 Å². The van der Waals surface area contributed by atoms with Gasteiger partial charge in [-0.2, -0.15) is 5.10 Å². The van der Waals surface area contributed by atoms with E-state index < -0.39 is 0 Å². The lowest BCUT2D eigenvalue weighted by Gasteiger charge is -2.11. The fourth-order valence-corrected chi connectivity index (χ4v) is 2.22. The van der Waals surface area contributed by atoms with Gasteiger partial charge in [0.05, 0.1) is 18.9 Å². The van der Waals surface area contributed by atoms with Gasteiger partial charge in [-0.25, -0.2) is 0 Å². The van der Waals surface area contributed by atoms with E-state index in [1.54, 1.807) is 6.21 Å². The fourth-order valence-electron chi connectivity index (χ4n) is 2.09. The van der Waals surface area contributed by atoms with Crippen molar-refractivity contribution in [2.75, 3.05) is 19.8 Å². The summed E-state index contributed by atoms with van der Waals surface area (Å²) in [5, 5.41) is 7.73. The van der Waals surface area contributed by atoms with Gasteiger partial charge in [-0.1, -0.05) is 12.1 Å². The molecule has 0 aromatic heterocycles. The molecule has 0 unspecified atom stereocenters. The summed E-state index contributed by atoms with van der Waals surface area (Å²) in [6.07, 6.45) is 4.16. The molecule has 1 aromatic rings. The summed E-state index contributed by atoms with van der Waals surface area (Å²) < 4.78 is 11.0. The van der Waals surface area contributed by atoms with Gasteiger partial charge in [0.1, 0.15) is 5.75 Å². The number of nitrogens with one attached hydrogen (secondary N) is 2. The number of ether oxygens (including phenoxy) is 2. The van der Waals surface area contributed by atoms with Crippen molar-refractivity contribution in [3.05, 3.63) is 29.8 Å². The maximum atomic E-state index is 5.53. The number of benzene rings is 1. The summed E-state index contributed by atoms with van der Waals surface area (Å²) in [5.74, 6) is 0.809. The van der Waals surface area contributed by atoms with Gasteiger partial charge >= 0.3 is 0 Å². The first kappa shape index (κ1) is 15.7. The zero-order valence-electron chi connectivity index (χ0n) is 12.2. The highest BCUT2D eigenvalue weighted by atomic mass is 32.1. The van der Waals surface area contributed by atoms with Gasteiger partial charge in [-0.3, -0.25) is 5.43 Å². The lowest BCUT2D eigenvalue weighted by atomic mass is 10.2. The standard InChI is InChI=1S/C15H21N3O2S/c1-2-19-14-8-4-3-6-12(14)10-17-18-15(21)16-11-13-7-5-9-20-13/h3-4,6,8,10,13H,2,5,7,9,11H2,1H3,(H2,16,18,21)/b17-10-/t13-/m1/s1. The van der Waals surface area contributed by atoms with Gasteiger partial charge in [0.15, 0.2) is 5.11 Å². The Balaban J connectivity index is 1.77. The van der Waals surface area contributed by atoms with Gasteiger partial charge in [0.25, 0.3) is 0 Å². The monoisotopic (exact) mass is 307 g/mol. The Hall–Kier alpha value is -1.66. The summed E-state index contributed by atoms with van der Waals surface area (Å²) in [6, 6.07) is 7.74. The quantitative estimate of drug-likeness (QED) is 0.479. The van der Waals surface area contributed by atoms with Gasteiger partial charge in [-0.15, -0.1) is 0 Å². The van der Waals surface area contributed by atoms with Gasteiger partial charge in [-0.05, 0) is 44.1 Å². The van der Waals surface area contributed by atoms with E-state index in [9.17, 15) is 0 Å². The first-order valence-electron chi connectivity index (χ1n) is 7.20. The summed E-state index contributed by atoms with van der Waals surface area (Å²) in [6.45, 7) is 4.14. The Morgan fingerprint density at radius 1 is 1.52 bits per heavy atom. The smallest absolute Gasteiger partial charge is 0.187 e. The maximum Gasteiger partial charge on any atom is 0.187 e. The molecule has 1 heterocycles. The fraction of sp³-hybridized carbons (Fsp3) is 0.467. The summed E-state index contributed by atoms with van der Waals surface area (Å²) in [7, 11) is 0. The van der Waals surface area contributed by atoms with Crippen LogP contribution in [0.4, 0.5) is 0 Å². The van der Waals surface area contributed by atoms with Crippen molar-refractivity contribution in [3.8, 4) is 5.75 Å². The van der Waals surface area contributed by atoms with Crippen molar-refractivity contribution >= 4 is 23.5 Å². The minimum atomic E-state index is 0.257. The average Bonchev–Trinajstić information content (AvgIpc) is 3.00. The van der Waals surface area contributed by atoms with Crippen LogP contribution in [0.2, 0.25) is 0 Å². The summed E-state index contributed by atoms with van der Waals surface area (Å²) in [4.78, 5) is 0. The minimum absolute atomic E-state index is 0.257. The molecule has 21 heavy (non-hydrogen) atoms. The largest absolute Gasteiger partial charge is 0.493 e. The normalized spacial score (nSPS) is 17.9. The molecule has 114 valence electrons. The minimum Gasteiger partial charge on any atom is -0.493 e. The highest BCUT2D eigenvalue weighted by Gasteiger charge is 2.14. The second kappa shape index (κ2) is 8.59. The third-order valence-corrected chi connectivity index (χ3v) is 3.34. The van der Waals surface area contributed by atoms with Crippen LogP contribution in [0.1, 0.15) is 25.3 Å². The zero-order chi connectivity index (χ0) is 14.9. The molecule has 6 heteroatoms. The Morgan fingerprint density at radius 3 is 3.14 bits per heavy atom. The van der Waals surface area contributed by atoms with Crippen LogP contribution in [0.3, 0.4) is 0 Å². The number of hydrogen-bond donors (Lipinski definition) is 2. The van der Waals surface area contributed by atoms with E-state index in [2.05, 4.69) is 15.8 Å². The first-order chi connectivity index (χ1) is 10.3. The number of nitrogens with zero attached hydrogens (tertiary/aromatic N) is 1. The third kappa shape index (κ3) is 5.32. The molecule has 0 saturated carbocycles. The van der Waals surface area contributed by atoms with Gasteiger partial charge in [0, 0.05) is 18.7 Å². The van der Waals surface area contributed by atoms with E-state index in [1.165, 1.54) is 0 Å². The van der Waals surface area contributed by atoms with Crippen LogP contribution in [0.25, 0.3) is 0 Å². The van der Waals surface area contributed by atoms with Crippen LogP contribution in [0.15, 0.2) is 29.4 Å². The van der Waals surface area contributed by atoms with Crippen LogP contribution < -0.4 is 15.5 Å². The highest BCUT2D eigenvalue weighted by Crippen LogP contribution is 2.15. The van der Waals surface area contributed by atoms with Gasteiger partial charge < -0.3 is 14.8 Å². The Morgan fingerprint density at radius 2 is 2.38 bits per heavy atom. The van der Waals surface area contributed by atoms with Crippen molar-refractivity contribution < 1.29 is 9.47 Å². The van der Waals surface area contributed by atoms with Crippen LogP contribution >= 0.6 is 12.2 Å². The van der Waals surface area contributed by atoms with Crippen molar-refractivity contribution in [3.63, 3.8) is 0 Å². The number of hydrogen-bond acceptors (Lipinski definition) is 4. The SMILES string of the molecule is CCOc1ccccc1/C=N\NC(=S)NC[C@H]1CCCO1. The molecule has 0 spiro atoms. The Bertz CT molecular complexity index is 488. The van der Waals surface area contributed by atoms with E-state index in [4.69, 9.17) is 21.7 Å². The number of thiocarbonyl (C=S) groups is 1. The first-order valence-corrected chi connectivity index (χ1v) is 7.60. The van der Waals surface area contributed by atoms with Crippen molar-refractivity contribution in [2.24, 2.45) is 5.10 Å². The molecule has 0 amide bonds. The number of rotatable bonds is 6. The van der Waals surface area contributed by atoms with E-state index in [1.807, 2.05) is 31.2 Å². The third-order valence-electron chi connectivity index (χ3n) is 3.10. The number of para-hydroxylation sites is 1. The molecule has 5 nitrogen and oxygen atoms in total. The maximum absolute atomic E-state index is 5.53. The molecule has 1 aliphatic heterocycles. The van der Waals surface area contributed by atoms with E-state index >= 15 is 0 Å². The van der Waals surface area contributed by atoms with Crippen molar-refractivity contribution in [1.82, 2.24) is 10.7 Å². The Labute approximate surface area is 130 Å². The molecule has 1 aromatic carbocycles. The average molecular weight is 307 g/mol. The predicted molar refractivity (Wildman–Crippen MR) is 87.9 cm³/mol. The topological polar surface area (TPSA) is 54.9 Å². The lowest BCUT2D eigenvalue weighted by molar-refractivity contribution is 0.114. The lowest BCUT2D eigenvalue weighted by Crippen LogP contribution is -2.37. The van der Waals surface area contributed by atoms with Crippen LogP contribution in [-0.4, -0.2) is 37.2 Å². The number of hydrazone groups is 1. The molecular formula is C15H21N3O2S. The summed E-state index contributed by atoms with van der Waals surface area (Å²) in [5.41, 5.74) is 3.71. The van der Waals surface area contributed by atoms with Gasteiger partial charge in [0.2, 0.25) is 0 Å². The van der Waals surface area contributed by atoms with Crippen LogP contribution in [-0.2, 0) is 4.74 Å². The highest BCUT2D eigenvalue weighted by molar-refractivity contribution is 7.80. The van der Waals surface area contributed by atoms with E-state index in [0.29, 0.717) is 11.7 Å². The molecular weight excluding hydrogens is 286 g/mol. The molecule has 0 radical (unpaired) electrons.